The number of likely N-dealkylation sites (N-methyl/N-ethyl adjacent to an activating group) is 1. The average Bonchev–Trinajstić information content (AvgIpc) is 3.19. The van der Waals surface area contributed by atoms with Crippen LogP contribution in [-0.4, -0.2) is 52.4 Å². The fourth-order valence-electron chi connectivity index (χ4n) is 4.14. The molecule has 0 aliphatic carbocycles. The largest absolute Gasteiger partial charge is 0.494 e. The summed E-state index contributed by atoms with van der Waals surface area (Å²) >= 11 is 5.13. The van der Waals surface area contributed by atoms with Gasteiger partial charge in [0.25, 0.3) is 5.56 Å². The Labute approximate surface area is 178 Å². The molecule has 0 saturated heterocycles. The van der Waals surface area contributed by atoms with E-state index in [1.807, 2.05) is 18.0 Å². The zero-order valence-corrected chi connectivity index (χ0v) is 18.0. The number of aromatic hydroxyl groups is 1. The summed E-state index contributed by atoms with van der Waals surface area (Å²) in [5.74, 6) is 0.782. The summed E-state index contributed by atoms with van der Waals surface area (Å²) in [5.41, 5.74) is 0.964. The monoisotopic (exact) mass is 433 g/mol. The quantitative estimate of drug-likeness (QED) is 0.575. The maximum absolute atomic E-state index is 13.2. The maximum Gasteiger partial charge on any atom is 0.268 e. The number of ether oxygens (including phenoxy) is 3. The van der Waals surface area contributed by atoms with Gasteiger partial charge in [0.1, 0.15) is 5.56 Å². The summed E-state index contributed by atoms with van der Waals surface area (Å²) in [7, 11) is 6.45. The molecule has 0 saturated carbocycles. The van der Waals surface area contributed by atoms with Crippen LogP contribution in [0.3, 0.4) is 0 Å². The number of nitrogens with zero attached hydrogens (tertiary/aromatic N) is 3. The molecule has 160 valence electrons. The van der Waals surface area contributed by atoms with Gasteiger partial charge in [-0.2, -0.15) is 0 Å². The molecule has 2 aliphatic rings. The molecule has 2 aromatic rings. The van der Waals surface area contributed by atoms with Crippen LogP contribution in [0.25, 0.3) is 0 Å². The van der Waals surface area contributed by atoms with Crippen molar-refractivity contribution in [3.8, 4) is 23.1 Å². The van der Waals surface area contributed by atoms with Gasteiger partial charge >= 0.3 is 0 Å². The van der Waals surface area contributed by atoms with E-state index in [-0.39, 0.29) is 29.6 Å². The summed E-state index contributed by atoms with van der Waals surface area (Å²) in [6.45, 7) is 0.832. The van der Waals surface area contributed by atoms with Gasteiger partial charge in [0.2, 0.25) is 18.4 Å². The van der Waals surface area contributed by atoms with Gasteiger partial charge in [-0.25, -0.2) is 0 Å². The van der Waals surface area contributed by atoms with Crippen molar-refractivity contribution >= 4 is 18.0 Å². The van der Waals surface area contributed by atoms with E-state index in [0.717, 1.165) is 24.1 Å². The van der Waals surface area contributed by atoms with E-state index in [2.05, 4.69) is 0 Å². The number of hydrogen-bond acceptors (Lipinski definition) is 8. The molecule has 1 N–H and O–H groups in total. The molecular weight excluding hydrogens is 410 g/mol. The fourth-order valence-corrected chi connectivity index (χ4v) is 4.31. The number of ketones is 1. The molecule has 0 fully saturated rings. The highest BCUT2D eigenvalue weighted by Gasteiger charge is 2.36. The molecule has 0 unspecified atom stereocenters. The molecule has 0 radical (unpaired) electrons. The number of carbonyl (C=O) groups is 1. The van der Waals surface area contributed by atoms with Gasteiger partial charge in [0.05, 0.1) is 7.11 Å². The predicted molar refractivity (Wildman–Crippen MR) is 110 cm³/mol. The van der Waals surface area contributed by atoms with Crippen molar-refractivity contribution in [1.29, 1.82) is 0 Å². The first-order valence-electron chi connectivity index (χ1n) is 9.48. The molecule has 4 rings (SSSR count). The second kappa shape index (κ2) is 7.44. The third kappa shape index (κ3) is 2.98. The van der Waals surface area contributed by atoms with Crippen LogP contribution in [0.5, 0.6) is 23.1 Å². The van der Waals surface area contributed by atoms with Crippen LogP contribution in [0.4, 0.5) is 0 Å². The van der Waals surface area contributed by atoms with Crippen LogP contribution >= 0.6 is 12.2 Å². The minimum absolute atomic E-state index is 0.0148. The smallest absolute Gasteiger partial charge is 0.268 e. The summed E-state index contributed by atoms with van der Waals surface area (Å²) in [4.78, 5) is 27.9. The SMILES string of the molecule is COc1c2c(cc3c1[C@H](CC(=O)c1c(O)n(C)c(=S)n(C)c1=O)N(C)CC3)OCO2. The Hall–Kier alpha value is -2.85. The highest BCUT2D eigenvalue weighted by molar-refractivity contribution is 7.71. The Kier molecular flexibility index (Phi) is 5.07. The minimum Gasteiger partial charge on any atom is -0.494 e. The van der Waals surface area contributed by atoms with Gasteiger partial charge in [-0.1, -0.05) is 0 Å². The Morgan fingerprint density at radius 1 is 1.30 bits per heavy atom. The predicted octanol–water partition coefficient (Wildman–Crippen LogP) is 1.70. The molecular formula is C20H23N3O6S. The van der Waals surface area contributed by atoms with E-state index >= 15 is 0 Å². The fraction of sp³-hybridized carbons (Fsp3) is 0.450. The summed E-state index contributed by atoms with van der Waals surface area (Å²) in [5, 5.41) is 10.5. The molecule has 0 bridgehead atoms. The summed E-state index contributed by atoms with van der Waals surface area (Å²) in [6, 6.07) is 1.57. The molecule has 0 amide bonds. The van der Waals surface area contributed by atoms with Gasteiger partial charge < -0.3 is 19.3 Å². The number of carbonyl (C=O) groups excluding carboxylic acids is 1. The van der Waals surface area contributed by atoms with Gasteiger partial charge in [-0.3, -0.25) is 23.6 Å². The number of aromatic nitrogens is 2. The van der Waals surface area contributed by atoms with Crippen molar-refractivity contribution in [2.45, 2.75) is 18.9 Å². The van der Waals surface area contributed by atoms with Gasteiger partial charge in [0.15, 0.2) is 22.1 Å². The minimum atomic E-state index is -0.614. The molecule has 2 aliphatic heterocycles. The lowest BCUT2D eigenvalue weighted by molar-refractivity contribution is 0.0919. The molecule has 30 heavy (non-hydrogen) atoms. The number of benzene rings is 1. The van der Waals surface area contributed by atoms with Gasteiger partial charge in [-0.15, -0.1) is 0 Å². The Morgan fingerprint density at radius 2 is 2.03 bits per heavy atom. The maximum atomic E-state index is 13.2. The molecule has 3 heterocycles. The Balaban J connectivity index is 1.80. The van der Waals surface area contributed by atoms with Crippen molar-refractivity contribution in [2.24, 2.45) is 14.1 Å². The first kappa shape index (κ1) is 20.4. The average molecular weight is 433 g/mol. The van der Waals surface area contributed by atoms with E-state index in [1.54, 1.807) is 7.11 Å². The highest BCUT2D eigenvalue weighted by Crippen LogP contribution is 2.50. The Bertz CT molecular complexity index is 1170. The van der Waals surface area contributed by atoms with Gasteiger partial charge in [-0.05, 0) is 37.3 Å². The standard InChI is InChI=1S/C20H23N3O6S/c1-21-6-5-10-7-13-16(29-9-28-13)17(27-4)14(10)11(21)8-12(24)15-18(25)22(2)20(30)23(3)19(15)26/h7,11,25H,5-6,8-9H2,1-4H3/t11-/m0/s1. The molecule has 9 nitrogen and oxygen atoms in total. The van der Waals surface area contributed by atoms with Crippen LogP contribution in [0, 0.1) is 4.77 Å². The van der Waals surface area contributed by atoms with Crippen LogP contribution in [0.2, 0.25) is 0 Å². The zero-order valence-electron chi connectivity index (χ0n) is 17.2. The van der Waals surface area contributed by atoms with E-state index in [9.17, 15) is 14.7 Å². The first-order valence-corrected chi connectivity index (χ1v) is 9.88. The normalized spacial score (nSPS) is 17.7. The van der Waals surface area contributed by atoms with E-state index < -0.39 is 17.2 Å². The number of rotatable bonds is 4. The van der Waals surface area contributed by atoms with Crippen LogP contribution in [0.1, 0.15) is 33.9 Å². The van der Waals surface area contributed by atoms with E-state index in [4.69, 9.17) is 26.4 Å². The van der Waals surface area contributed by atoms with Crippen molar-refractivity contribution in [2.75, 3.05) is 27.5 Å². The van der Waals surface area contributed by atoms with Crippen LogP contribution in [0.15, 0.2) is 10.9 Å². The van der Waals surface area contributed by atoms with Crippen LogP contribution < -0.4 is 19.8 Å². The van der Waals surface area contributed by atoms with Crippen molar-refractivity contribution in [1.82, 2.24) is 14.0 Å². The number of Topliss-reactive ketones (excluding diaryl/α,β-unsaturated/α-hetero) is 1. The first-order chi connectivity index (χ1) is 14.3. The number of hydrogen-bond donors (Lipinski definition) is 1. The van der Waals surface area contributed by atoms with Crippen LogP contribution in [-0.2, 0) is 20.5 Å². The topological polar surface area (TPSA) is 95.2 Å². The summed E-state index contributed by atoms with van der Waals surface area (Å²) < 4.78 is 19.3. The molecule has 1 atom stereocenters. The van der Waals surface area contributed by atoms with E-state index in [0.29, 0.717) is 17.2 Å². The van der Waals surface area contributed by atoms with Crippen molar-refractivity contribution in [3.05, 3.63) is 37.9 Å². The highest BCUT2D eigenvalue weighted by atomic mass is 32.1. The lowest BCUT2D eigenvalue weighted by Gasteiger charge is -2.35. The molecule has 1 aromatic heterocycles. The number of methoxy groups -OCH3 is 1. The second-order valence-electron chi connectivity index (χ2n) is 7.49. The van der Waals surface area contributed by atoms with E-state index in [1.165, 1.54) is 23.2 Å². The van der Waals surface area contributed by atoms with Crippen molar-refractivity contribution < 1.29 is 24.1 Å². The lowest BCUT2D eigenvalue weighted by Crippen LogP contribution is -2.35. The third-order valence-corrected chi connectivity index (χ3v) is 6.39. The molecule has 0 spiro atoms. The second-order valence-corrected chi connectivity index (χ2v) is 7.86. The van der Waals surface area contributed by atoms with Gasteiger partial charge in [0, 0.05) is 38.7 Å². The zero-order chi connectivity index (χ0) is 21.7. The molecule has 10 heteroatoms. The third-order valence-electron chi connectivity index (χ3n) is 5.84. The lowest BCUT2D eigenvalue weighted by atomic mass is 9.87. The summed E-state index contributed by atoms with van der Waals surface area (Å²) in [6.07, 6.45) is 0.745. The number of fused-ring (bicyclic) bond motifs is 2. The molecule has 1 aromatic carbocycles. The Morgan fingerprint density at radius 3 is 2.73 bits per heavy atom. The van der Waals surface area contributed by atoms with Crippen molar-refractivity contribution in [3.63, 3.8) is 0 Å².